The first-order chi connectivity index (χ1) is 7.71. The number of alkyl halides is 3. The van der Waals surface area contributed by atoms with Crippen molar-refractivity contribution in [2.45, 2.75) is 24.7 Å². The van der Waals surface area contributed by atoms with Crippen molar-refractivity contribution in [1.82, 2.24) is 0 Å². The first kappa shape index (κ1) is 14.2. The average Bonchev–Trinajstić information content (AvgIpc) is 2.20. The maximum Gasteiger partial charge on any atom is 0.403 e. The molecular formula is C10H10ClF4NO. The number of hydrogen-bond acceptors (Lipinski definition) is 2. The number of benzene rings is 1. The number of rotatable bonds is 3. The van der Waals surface area contributed by atoms with Crippen LogP contribution in [-0.2, 0) is 0 Å². The summed E-state index contributed by atoms with van der Waals surface area (Å²) in [5, 5.41) is 9.31. The molecule has 0 heterocycles. The van der Waals surface area contributed by atoms with Gasteiger partial charge in [-0.3, -0.25) is 0 Å². The molecule has 7 heteroatoms. The predicted molar refractivity (Wildman–Crippen MR) is 55.0 cm³/mol. The standard InChI is InChI=1S/C10H10ClF4NO/c11-6-2-1-5(3-7(6)12)8(17)4-9(16)10(13,14)15/h1-3,8-9,17H,4,16H2/t8-,9-/m0/s1. The lowest BCUT2D eigenvalue weighted by Gasteiger charge is -2.19. The van der Waals surface area contributed by atoms with Crippen LogP contribution in [0.15, 0.2) is 18.2 Å². The largest absolute Gasteiger partial charge is 0.403 e. The molecule has 1 rings (SSSR count). The smallest absolute Gasteiger partial charge is 0.388 e. The Balaban J connectivity index is 2.76. The van der Waals surface area contributed by atoms with Crippen molar-refractivity contribution in [2.24, 2.45) is 5.73 Å². The van der Waals surface area contributed by atoms with Gasteiger partial charge in [0, 0.05) is 6.42 Å². The molecule has 0 amide bonds. The SMILES string of the molecule is N[C@@H](C[C@H](O)c1ccc(Cl)c(F)c1)C(F)(F)F. The van der Waals surface area contributed by atoms with Crippen molar-refractivity contribution in [1.29, 1.82) is 0 Å². The summed E-state index contributed by atoms with van der Waals surface area (Å²) in [4.78, 5) is 0. The Hall–Kier alpha value is -0.850. The van der Waals surface area contributed by atoms with Crippen LogP contribution in [0.25, 0.3) is 0 Å². The molecule has 0 fully saturated rings. The van der Waals surface area contributed by atoms with Gasteiger partial charge < -0.3 is 10.8 Å². The number of aliphatic hydroxyl groups excluding tert-OH is 1. The van der Waals surface area contributed by atoms with Crippen LogP contribution in [0.4, 0.5) is 17.6 Å². The summed E-state index contributed by atoms with van der Waals surface area (Å²) in [6.07, 6.45) is -6.81. The number of nitrogens with two attached hydrogens (primary N) is 1. The van der Waals surface area contributed by atoms with E-state index in [4.69, 9.17) is 17.3 Å². The molecule has 0 saturated heterocycles. The molecule has 0 aliphatic carbocycles. The zero-order valence-corrected chi connectivity index (χ0v) is 9.26. The minimum Gasteiger partial charge on any atom is -0.388 e. The molecule has 0 aliphatic heterocycles. The van der Waals surface area contributed by atoms with Crippen molar-refractivity contribution in [3.8, 4) is 0 Å². The fourth-order valence-corrected chi connectivity index (χ4v) is 1.35. The molecule has 1 aromatic rings. The molecule has 0 radical (unpaired) electrons. The highest BCUT2D eigenvalue weighted by Gasteiger charge is 2.37. The molecule has 0 aromatic heterocycles. The molecule has 2 nitrogen and oxygen atoms in total. The molecule has 0 bridgehead atoms. The van der Waals surface area contributed by atoms with E-state index < -0.39 is 30.6 Å². The molecule has 3 N–H and O–H groups in total. The lowest BCUT2D eigenvalue weighted by atomic mass is 10.0. The van der Waals surface area contributed by atoms with Gasteiger partial charge in [-0.05, 0) is 17.7 Å². The van der Waals surface area contributed by atoms with E-state index in [9.17, 15) is 22.7 Å². The summed E-state index contributed by atoms with van der Waals surface area (Å²) in [5.41, 5.74) is 4.86. The summed E-state index contributed by atoms with van der Waals surface area (Å²) in [6, 6.07) is 1.14. The fraction of sp³-hybridized carbons (Fsp3) is 0.400. The van der Waals surface area contributed by atoms with Gasteiger partial charge in [0.1, 0.15) is 11.9 Å². The maximum atomic E-state index is 13.0. The quantitative estimate of drug-likeness (QED) is 0.831. The first-order valence-corrected chi connectivity index (χ1v) is 5.05. The Labute approximate surface area is 100.0 Å². The van der Waals surface area contributed by atoms with Gasteiger partial charge in [0.25, 0.3) is 0 Å². The van der Waals surface area contributed by atoms with Gasteiger partial charge in [-0.2, -0.15) is 13.2 Å². The van der Waals surface area contributed by atoms with Crippen LogP contribution in [0, 0.1) is 5.82 Å². The summed E-state index contributed by atoms with van der Waals surface area (Å²) in [6.45, 7) is 0. The summed E-state index contributed by atoms with van der Waals surface area (Å²) in [5.74, 6) is -0.802. The van der Waals surface area contributed by atoms with E-state index in [2.05, 4.69) is 0 Å². The Morgan fingerprint density at radius 1 is 1.35 bits per heavy atom. The van der Waals surface area contributed by atoms with Gasteiger partial charge in [-0.25, -0.2) is 4.39 Å². The van der Waals surface area contributed by atoms with E-state index in [0.29, 0.717) is 0 Å². The van der Waals surface area contributed by atoms with Gasteiger partial charge in [0.15, 0.2) is 0 Å². The monoisotopic (exact) mass is 271 g/mol. The minimum atomic E-state index is -4.59. The van der Waals surface area contributed by atoms with E-state index in [1.54, 1.807) is 0 Å². The van der Waals surface area contributed by atoms with Crippen LogP contribution < -0.4 is 5.73 Å². The van der Waals surface area contributed by atoms with Crippen LogP contribution in [-0.4, -0.2) is 17.3 Å². The van der Waals surface area contributed by atoms with Gasteiger partial charge in [0.2, 0.25) is 0 Å². The zero-order chi connectivity index (χ0) is 13.2. The van der Waals surface area contributed by atoms with Crippen molar-refractivity contribution in [3.63, 3.8) is 0 Å². The van der Waals surface area contributed by atoms with E-state index in [-0.39, 0.29) is 10.6 Å². The average molecular weight is 272 g/mol. The molecule has 0 saturated carbocycles. The Kier molecular flexibility index (Phi) is 4.35. The molecular weight excluding hydrogens is 262 g/mol. The predicted octanol–water partition coefficient (Wildman–Crippen LogP) is 2.79. The van der Waals surface area contributed by atoms with Crippen LogP contribution in [0.3, 0.4) is 0 Å². The van der Waals surface area contributed by atoms with Crippen LogP contribution in [0.2, 0.25) is 5.02 Å². The summed E-state index contributed by atoms with van der Waals surface area (Å²) < 4.78 is 49.4. The molecule has 17 heavy (non-hydrogen) atoms. The molecule has 0 unspecified atom stereocenters. The van der Waals surface area contributed by atoms with Crippen molar-refractivity contribution in [2.75, 3.05) is 0 Å². The molecule has 0 spiro atoms. The highest BCUT2D eigenvalue weighted by Crippen LogP contribution is 2.28. The maximum absolute atomic E-state index is 13.0. The topological polar surface area (TPSA) is 46.2 Å². The Morgan fingerprint density at radius 3 is 2.41 bits per heavy atom. The van der Waals surface area contributed by atoms with Gasteiger partial charge in [-0.1, -0.05) is 17.7 Å². The third-order valence-electron chi connectivity index (χ3n) is 2.23. The van der Waals surface area contributed by atoms with Gasteiger partial charge >= 0.3 is 6.18 Å². The molecule has 2 atom stereocenters. The van der Waals surface area contributed by atoms with Crippen molar-refractivity contribution < 1.29 is 22.7 Å². The van der Waals surface area contributed by atoms with E-state index in [1.807, 2.05) is 0 Å². The number of aliphatic hydroxyl groups is 1. The van der Waals surface area contributed by atoms with E-state index in [0.717, 1.165) is 12.1 Å². The summed E-state index contributed by atoms with van der Waals surface area (Å²) >= 11 is 5.40. The number of halogens is 5. The molecule has 1 aromatic carbocycles. The van der Waals surface area contributed by atoms with Gasteiger partial charge in [-0.15, -0.1) is 0 Å². The van der Waals surface area contributed by atoms with Crippen molar-refractivity contribution in [3.05, 3.63) is 34.6 Å². The van der Waals surface area contributed by atoms with Crippen molar-refractivity contribution >= 4 is 11.6 Å². The van der Waals surface area contributed by atoms with Crippen LogP contribution in [0.5, 0.6) is 0 Å². The third-order valence-corrected chi connectivity index (χ3v) is 2.53. The lowest BCUT2D eigenvalue weighted by molar-refractivity contribution is -0.153. The second-order valence-electron chi connectivity index (χ2n) is 3.57. The Morgan fingerprint density at radius 2 is 1.94 bits per heavy atom. The molecule has 96 valence electrons. The minimum absolute atomic E-state index is 0.00611. The number of hydrogen-bond donors (Lipinski definition) is 2. The van der Waals surface area contributed by atoms with Crippen LogP contribution in [0.1, 0.15) is 18.1 Å². The van der Waals surface area contributed by atoms with E-state index in [1.165, 1.54) is 6.07 Å². The van der Waals surface area contributed by atoms with Gasteiger partial charge in [0.05, 0.1) is 11.1 Å². The Bertz CT molecular complexity index is 396. The van der Waals surface area contributed by atoms with Crippen LogP contribution >= 0.6 is 11.6 Å². The highest BCUT2D eigenvalue weighted by atomic mass is 35.5. The first-order valence-electron chi connectivity index (χ1n) is 4.67. The summed E-state index contributed by atoms with van der Waals surface area (Å²) in [7, 11) is 0. The highest BCUT2D eigenvalue weighted by molar-refractivity contribution is 6.30. The third kappa shape index (κ3) is 3.83. The van der Waals surface area contributed by atoms with E-state index >= 15 is 0 Å². The lowest BCUT2D eigenvalue weighted by Crippen LogP contribution is -2.38. The molecule has 0 aliphatic rings. The second kappa shape index (κ2) is 5.20. The second-order valence-corrected chi connectivity index (χ2v) is 3.98. The zero-order valence-electron chi connectivity index (χ0n) is 8.51. The normalized spacial score (nSPS) is 15.7. The fourth-order valence-electron chi connectivity index (χ4n) is 1.23.